The van der Waals surface area contributed by atoms with Gasteiger partial charge in [0.1, 0.15) is 0 Å². The maximum atomic E-state index is 5.76. The first-order chi connectivity index (χ1) is 7.31. The largest absolute Gasteiger partial charge is 0.491 e. The summed E-state index contributed by atoms with van der Waals surface area (Å²) < 4.78 is 10.5. The van der Waals surface area contributed by atoms with Crippen molar-refractivity contribution in [2.24, 2.45) is 0 Å². The molecule has 5 nitrogen and oxygen atoms in total. The molecule has 15 heavy (non-hydrogen) atoms. The van der Waals surface area contributed by atoms with E-state index < -0.39 is 0 Å². The second-order valence-corrected chi connectivity index (χ2v) is 3.47. The van der Waals surface area contributed by atoms with E-state index >= 15 is 0 Å². The van der Waals surface area contributed by atoms with Gasteiger partial charge < -0.3 is 14.4 Å². The molecule has 1 aromatic heterocycles. The number of methoxy groups -OCH3 is 1. The number of aromatic nitrogens is 2. The summed E-state index contributed by atoms with van der Waals surface area (Å²) in [5.41, 5.74) is 0. The van der Waals surface area contributed by atoms with Crippen LogP contribution in [-0.2, 0) is 4.74 Å². The van der Waals surface area contributed by atoms with Crippen molar-refractivity contribution in [2.75, 3.05) is 38.3 Å². The molecule has 0 amide bonds. The van der Waals surface area contributed by atoms with E-state index in [9.17, 15) is 0 Å². The number of rotatable bonds is 2. The Morgan fingerprint density at radius 2 is 2.20 bits per heavy atom. The first kappa shape index (κ1) is 10.4. The van der Waals surface area contributed by atoms with Crippen LogP contribution in [0.15, 0.2) is 6.20 Å². The number of anilines is 1. The highest BCUT2D eigenvalue weighted by atomic mass is 35.5. The lowest BCUT2D eigenvalue weighted by atomic mass is 10.4. The Hall–Kier alpha value is -1.07. The lowest BCUT2D eigenvalue weighted by Gasteiger charge is -2.28. The Labute approximate surface area is 93.0 Å². The molecule has 1 fully saturated rings. The van der Waals surface area contributed by atoms with Gasteiger partial charge in [-0.1, -0.05) is 0 Å². The van der Waals surface area contributed by atoms with E-state index in [4.69, 9.17) is 21.1 Å². The van der Waals surface area contributed by atoms with Crippen molar-refractivity contribution in [1.82, 2.24) is 9.97 Å². The zero-order valence-corrected chi connectivity index (χ0v) is 9.20. The Morgan fingerprint density at radius 1 is 1.47 bits per heavy atom. The van der Waals surface area contributed by atoms with Crippen LogP contribution in [0.5, 0.6) is 5.75 Å². The molecule has 0 bridgehead atoms. The number of hydrogen-bond donors (Lipinski definition) is 0. The molecule has 6 heteroatoms. The molecule has 0 saturated carbocycles. The van der Waals surface area contributed by atoms with Crippen molar-refractivity contribution in [3.05, 3.63) is 11.5 Å². The zero-order valence-electron chi connectivity index (χ0n) is 8.44. The summed E-state index contributed by atoms with van der Waals surface area (Å²) in [7, 11) is 1.59. The Morgan fingerprint density at radius 3 is 2.87 bits per heavy atom. The highest BCUT2D eigenvalue weighted by Crippen LogP contribution is 2.26. The molecule has 0 unspecified atom stereocenters. The smallest absolute Gasteiger partial charge is 0.224 e. The minimum atomic E-state index is 0.234. The van der Waals surface area contributed by atoms with Gasteiger partial charge in [0.05, 0.1) is 26.5 Å². The van der Waals surface area contributed by atoms with E-state index in [1.54, 1.807) is 13.3 Å². The number of morpholine rings is 1. The van der Waals surface area contributed by atoms with Crippen LogP contribution in [0.3, 0.4) is 0 Å². The summed E-state index contributed by atoms with van der Waals surface area (Å²) in [5, 5.41) is 0.234. The van der Waals surface area contributed by atoms with Crippen LogP contribution in [0.1, 0.15) is 0 Å². The summed E-state index contributed by atoms with van der Waals surface area (Å²) in [6.45, 7) is 2.99. The van der Waals surface area contributed by atoms with E-state index in [0.717, 1.165) is 18.9 Å². The third kappa shape index (κ3) is 2.30. The minimum Gasteiger partial charge on any atom is -0.491 e. The molecular formula is C9H12ClN3O2. The molecule has 0 radical (unpaired) electrons. The molecule has 0 aromatic carbocycles. The summed E-state index contributed by atoms with van der Waals surface area (Å²) in [4.78, 5) is 10.1. The van der Waals surface area contributed by atoms with Gasteiger partial charge in [-0.05, 0) is 11.6 Å². The highest BCUT2D eigenvalue weighted by Gasteiger charge is 2.17. The quantitative estimate of drug-likeness (QED) is 0.708. The summed E-state index contributed by atoms with van der Waals surface area (Å²) >= 11 is 5.76. The first-order valence-corrected chi connectivity index (χ1v) is 5.08. The van der Waals surface area contributed by atoms with Crippen molar-refractivity contribution in [1.29, 1.82) is 0 Å². The van der Waals surface area contributed by atoms with Crippen molar-refractivity contribution in [2.45, 2.75) is 0 Å². The van der Waals surface area contributed by atoms with Gasteiger partial charge in [0.2, 0.25) is 5.28 Å². The Balaban J connectivity index is 2.27. The van der Waals surface area contributed by atoms with Crippen molar-refractivity contribution < 1.29 is 9.47 Å². The van der Waals surface area contributed by atoms with Crippen LogP contribution in [0.2, 0.25) is 5.28 Å². The fourth-order valence-electron chi connectivity index (χ4n) is 1.49. The Kier molecular flexibility index (Phi) is 3.23. The number of halogens is 1. The molecular weight excluding hydrogens is 218 g/mol. The third-order valence-electron chi connectivity index (χ3n) is 2.24. The molecule has 2 rings (SSSR count). The molecule has 1 aliphatic rings. The Bertz CT molecular complexity index is 342. The van der Waals surface area contributed by atoms with Gasteiger partial charge in [0.25, 0.3) is 0 Å². The van der Waals surface area contributed by atoms with Gasteiger partial charge >= 0.3 is 0 Å². The predicted molar refractivity (Wildman–Crippen MR) is 56.6 cm³/mol. The SMILES string of the molecule is COc1cnc(Cl)nc1N1CCOCC1. The molecule has 1 aliphatic heterocycles. The topological polar surface area (TPSA) is 47.5 Å². The lowest BCUT2D eigenvalue weighted by molar-refractivity contribution is 0.122. The predicted octanol–water partition coefficient (Wildman–Crippen LogP) is 0.975. The van der Waals surface area contributed by atoms with E-state index in [-0.39, 0.29) is 5.28 Å². The van der Waals surface area contributed by atoms with E-state index in [2.05, 4.69) is 14.9 Å². The van der Waals surface area contributed by atoms with Crippen LogP contribution >= 0.6 is 11.6 Å². The van der Waals surface area contributed by atoms with Gasteiger partial charge in [-0.25, -0.2) is 4.98 Å². The molecule has 0 spiro atoms. The summed E-state index contributed by atoms with van der Waals surface area (Å²) in [6.07, 6.45) is 1.58. The molecule has 0 atom stereocenters. The molecule has 0 N–H and O–H groups in total. The molecule has 82 valence electrons. The van der Waals surface area contributed by atoms with Crippen LogP contribution in [-0.4, -0.2) is 43.4 Å². The molecule has 1 saturated heterocycles. The van der Waals surface area contributed by atoms with Gasteiger partial charge in [0, 0.05) is 13.1 Å². The maximum Gasteiger partial charge on any atom is 0.224 e. The molecule has 1 aromatic rings. The third-order valence-corrected chi connectivity index (χ3v) is 2.42. The van der Waals surface area contributed by atoms with Gasteiger partial charge in [-0.15, -0.1) is 0 Å². The summed E-state index contributed by atoms with van der Waals surface area (Å²) in [5.74, 6) is 1.38. The van der Waals surface area contributed by atoms with Gasteiger partial charge in [0.15, 0.2) is 11.6 Å². The fraction of sp³-hybridized carbons (Fsp3) is 0.556. The molecule has 0 aliphatic carbocycles. The van der Waals surface area contributed by atoms with E-state index in [1.807, 2.05) is 0 Å². The maximum absolute atomic E-state index is 5.76. The van der Waals surface area contributed by atoms with Crippen LogP contribution < -0.4 is 9.64 Å². The minimum absolute atomic E-state index is 0.234. The zero-order chi connectivity index (χ0) is 10.7. The number of hydrogen-bond acceptors (Lipinski definition) is 5. The average molecular weight is 230 g/mol. The standard InChI is InChI=1S/C9H12ClN3O2/c1-14-7-6-11-9(10)12-8(7)13-2-4-15-5-3-13/h6H,2-5H2,1H3. The van der Waals surface area contributed by atoms with E-state index in [0.29, 0.717) is 19.0 Å². The van der Waals surface area contributed by atoms with Crippen molar-refractivity contribution in [3.8, 4) is 5.75 Å². The second-order valence-electron chi connectivity index (χ2n) is 3.13. The van der Waals surface area contributed by atoms with Crippen LogP contribution in [0, 0.1) is 0 Å². The second kappa shape index (κ2) is 4.63. The van der Waals surface area contributed by atoms with Gasteiger partial charge in [-0.2, -0.15) is 4.98 Å². The monoisotopic (exact) mass is 229 g/mol. The van der Waals surface area contributed by atoms with Crippen LogP contribution in [0.4, 0.5) is 5.82 Å². The normalized spacial score (nSPS) is 16.5. The van der Waals surface area contributed by atoms with Crippen LogP contribution in [0.25, 0.3) is 0 Å². The van der Waals surface area contributed by atoms with E-state index in [1.165, 1.54) is 0 Å². The van der Waals surface area contributed by atoms with Crippen molar-refractivity contribution in [3.63, 3.8) is 0 Å². The average Bonchev–Trinajstić information content (AvgIpc) is 2.30. The summed E-state index contributed by atoms with van der Waals surface area (Å²) in [6, 6.07) is 0. The molecule has 2 heterocycles. The van der Waals surface area contributed by atoms with Crippen molar-refractivity contribution >= 4 is 17.4 Å². The lowest BCUT2D eigenvalue weighted by Crippen LogP contribution is -2.37. The fourth-order valence-corrected chi connectivity index (χ4v) is 1.62. The number of ether oxygens (including phenoxy) is 2. The first-order valence-electron chi connectivity index (χ1n) is 4.70. The van der Waals surface area contributed by atoms with Gasteiger partial charge in [-0.3, -0.25) is 0 Å². The number of nitrogens with zero attached hydrogens (tertiary/aromatic N) is 3. The highest BCUT2D eigenvalue weighted by molar-refractivity contribution is 6.28.